The van der Waals surface area contributed by atoms with Crippen molar-refractivity contribution in [2.45, 2.75) is 31.7 Å². The molecule has 0 heterocycles. The zero-order chi connectivity index (χ0) is 15.4. The highest BCUT2D eigenvalue weighted by molar-refractivity contribution is 7.98. The summed E-state index contributed by atoms with van der Waals surface area (Å²) in [5, 5.41) is 13.0. The number of aliphatic hydroxyl groups is 1. The van der Waals surface area contributed by atoms with Crippen LogP contribution in [0.5, 0.6) is 0 Å². The van der Waals surface area contributed by atoms with Crippen molar-refractivity contribution in [1.29, 1.82) is 0 Å². The lowest BCUT2D eigenvalue weighted by atomic mass is 10.00. The van der Waals surface area contributed by atoms with E-state index in [1.807, 2.05) is 6.26 Å². The maximum absolute atomic E-state index is 12.9. The quantitative estimate of drug-likeness (QED) is 0.844. The van der Waals surface area contributed by atoms with Crippen LogP contribution in [0.2, 0.25) is 0 Å². The Kier molecular flexibility index (Phi) is 5.91. The zero-order valence-corrected chi connectivity index (χ0v) is 12.6. The normalized spacial score (nSPS) is 16.8. The highest BCUT2D eigenvalue weighted by Crippen LogP contribution is 2.34. The van der Waals surface area contributed by atoms with Crippen molar-refractivity contribution in [2.24, 2.45) is 0 Å². The van der Waals surface area contributed by atoms with Gasteiger partial charge in [0.15, 0.2) is 0 Å². The molecule has 2 nitrogen and oxygen atoms in total. The molecular weight excluding hydrogens is 287 g/mol. The van der Waals surface area contributed by atoms with Crippen LogP contribution in [-0.2, 0) is 6.18 Å². The van der Waals surface area contributed by atoms with Gasteiger partial charge in [-0.15, -0.1) is 0 Å². The standard InChI is InChI=1S/C14H20F3NOS/c1-10(18-8-13(2,19)9-20-3)11-6-4-5-7-12(11)14(15,16)17/h4-7,10,18-19H,8-9H2,1-3H3. The topological polar surface area (TPSA) is 32.3 Å². The fourth-order valence-electron chi connectivity index (χ4n) is 1.98. The van der Waals surface area contributed by atoms with E-state index in [1.54, 1.807) is 19.9 Å². The first-order valence-corrected chi connectivity index (χ1v) is 7.67. The second kappa shape index (κ2) is 6.83. The summed E-state index contributed by atoms with van der Waals surface area (Å²) in [6.07, 6.45) is -2.49. The lowest BCUT2D eigenvalue weighted by Gasteiger charge is -2.26. The first-order valence-electron chi connectivity index (χ1n) is 6.28. The van der Waals surface area contributed by atoms with E-state index in [2.05, 4.69) is 5.32 Å². The van der Waals surface area contributed by atoms with E-state index in [9.17, 15) is 18.3 Å². The minimum Gasteiger partial charge on any atom is -0.388 e. The molecule has 20 heavy (non-hydrogen) atoms. The van der Waals surface area contributed by atoms with Crippen LogP contribution < -0.4 is 5.32 Å². The molecule has 0 spiro atoms. The zero-order valence-electron chi connectivity index (χ0n) is 11.8. The highest BCUT2D eigenvalue weighted by Gasteiger charge is 2.34. The van der Waals surface area contributed by atoms with Gasteiger partial charge in [0.2, 0.25) is 0 Å². The third-order valence-corrected chi connectivity index (χ3v) is 3.89. The van der Waals surface area contributed by atoms with E-state index < -0.39 is 23.4 Å². The molecule has 0 aliphatic rings. The Balaban J connectivity index is 2.81. The predicted octanol–water partition coefficient (Wildman–Crippen LogP) is 3.47. The predicted molar refractivity (Wildman–Crippen MR) is 76.9 cm³/mol. The second-order valence-corrected chi connectivity index (χ2v) is 5.98. The van der Waals surface area contributed by atoms with E-state index in [0.29, 0.717) is 5.75 Å². The van der Waals surface area contributed by atoms with Crippen molar-refractivity contribution in [2.75, 3.05) is 18.6 Å². The van der Waals surface area contributed by atoms with Crippen molar-refractivity contribution in [3.05, 3.63) is 35.4 Å². The van der Waals surface area contributed by atoms with E-state index in [1.165, 1.54) is 23.9 Å². The van der Waals surface area contributed by atoms with Gasteiger partial charge in [0.1, 0.15) is 0 Å². The number of hydrogen-bond donors (Lipinski definition) is 2. The summed E-state index contributed by atoms with van der Waals surface area (Å²) in [5.74, 6) is 0.521. The number of hydrogen-bond acceptors (Lipinski definition) is 3. The highest BCUT2D eigenvalue weighted by atomic mass is 32.2. The molecule has 114 valence electrons. The summed E-state index contributed by atoms with van der Waals surface area (Å²) < 4.78 is 38.8. The van der Waals surface area contributed by atoms with Crippen LogP contribution in [0.1, 0.15) is 31.0 Å². The van der Waals surface area contributed by atoms with Gasteiger partial charge in [-0.2, -0.15) is 24.9 Å². The second-order valence-electron chi connectivity index (χ2n) is 5.12. The molecule has 0 bridgehead atoms. The Morgan fingerprint density at radius 3 is 2.45 bits per heavy atom. The molecule has 1 aromatic carbocycles. The fraction of sp³-hybridized carbons (Fsp3) is 0.571. The van der Waals surface area contributed by atoms with Crippen molar-refractivity contribution < 1.29 is 18.3 Å². The average Bonchev–Trinajstić information content (AvgIpc) is 2.35. The van der Waals surface area contributed by atoms with Crippen LogP contribution in [-0.4, -0.2) is 29.3 Å². The van der Waals surface area contributed by atoms with Gasteiger partial charge in [-0.1, -0.05) is 18.2 Å². The molecule has 2 atom stereocenters. The largest absolute Gasteiger partial charge is 0.416 e. The number of alkyl halides is 3. The van der Waals surface area contributed by atoms with Gasteiger partial charge in [-0.3, -0.25) is 0 Å². The van der Waals surface area contributed by atoms with Crippen LogP contribution in [0.4, 0.5) is 13.2 Å². The van der Waals surface area contributed by atoms with E-state index >= 15 is 0 Å². The molecule has 0 aliphatic carbocycles. The molecule has 2 N–H and O–H groups in total. The van der Waals surface area contributed by atoms with Crippen molar-refractivity contribution in [1.82, 2.24) is 5.32 Å². The smallest absolute Gasteiger partial charge is 0.388 e. The molecule has 0 saturated carbocycles. The summed E-state index contributed by atoms with van der Waals surface area (Å²) in [4.78, 5) is 0. The van der Waals surface area contributed by atoms with E-state index in [-0.39, 0.29) is 12.1 Å². The molecule has 2 unspecified atom stereocenters. The number of benzene rings is 1. The summed E-state index contributed by atoms with van der Waals surface area (Å²) in [6.45, 7) is 3.57. The van der Waals surface area contributed by atoms with E-state index in [4.69, 9.17) is 0 Å². The first kappa shape index (κ1) is 17.3. The Labute approximate surface area is 121 Å². The number of nitrogens with one attached hydrogen (secondary N) is 1. The molecule has 0 radical (unpaired) electrons. The Hall–Kier alpha value is -0.720. The molecule has 0 fully saturated rings. The Morgan fingerprint density at radius 1 is 1.30 bits per heavy atom. The van der Waals surface area contributed by atoms with Crippen LogP contribution in [0, 0.1) is 0 Å². The Morgan fingerprint density at radius 2 is 1.90 bits per heavy atom. The lowest BCUT2D eigenvalue weighted by Crippen LogP contribution is -2.41. The molecule has 0 saturated heterocycles. The molecule has 6 heteroatoms. The van der Waals surface area contributed by atoms with Gasteiger partial charge in [0.25, 0.3) is 0 Å². The number of rotatable bonds is 6. The van der Waals surface area contributed by atoms with Gasteiger partial charge >= 0.3 is 6.18 Å². The number of halogens is 3. The van der Waals surface area contributed by atoms with Crippen LogP contribution >= 0.6 is 11.8 Å². The van der Waals surface area contributed by atoms with Gasteiger partial charge in [0, 0.05) is 18.3 Å². The molecule has 0 aliphatic heterocycles. The third-order valence-electron chi connectivity index (χ3n) is 2.98. The summed E-state index contributed by atoms with van der Waals surface area (Å²) in [6, 6.07) is 5.02. The minimum absolute atomic E-state index is 0.194. The van der Waals surface area contributed by atoms with Crippen LogP contribution in [0.15, 0.2) is 24.3 Å². The fourth-order valence-corrected chi connectivity index (χ4v) is 2.70. The maximum Gasteiger partial charge on any atom is 0.416 e. The molecule has 0 aromatic heterocycles. The summed E-state index contributed by atoms with van der Waals surface area (Å²) in [5.41, 5.74) is -1.38. The molecule has 1 aromatic rings. The monoisotopic (exact) mass is 307 g/mol. The van der Waals surface area contributed by atoms with E-state index in [0.717, 1.165) is 6.07 Å². The Bertz CT molecular complexity index is 435. The molecule has 0 amide bonds. The van der Waals surface area contributed by atoms with Gasteiger partial charge in [0.05, 0.1) is 11.2 Å². The first-order chi connectivity index (χ1) is 9.17. The van der Waals surface area contributed by atoms with Crippen molar-refractivity contribution >= 4 is 11.8 Å². The minimum atomic E-state index is -4.37. The van der Waals surface area contributed by atoms with Crippen molar-refractivity contribution in [3.63, 3.8) is 0 Å². The van der Waals surface area contributed by atoms with Crippen LogP contribution in [0.3, 0.4) is 0 Å². The third kappa shape index (κ3) is 5.00. The number of thioether (sulfide) groups is 1. The summed E-state index contributed by atoms with van der Waals surface area (Å²) in [7, 11) is 0. The van der Waals surface area contributed by atoms with Gasteiger partial charge < -0.3 is 10.4 Å². The maximum atomic E-state index is 12.9. The van der Waals surface area contributed by atoms with Crippen molar-refractivity contribution in [3.8, 4) is 0 Å². The lowest BCUT2D eigenvalue weighted by molar-refractivity contribution is -0.138. The van der Waals surface area contributed by atoms with Crippen LogP contribution in [0.25, 0.3) is 0 Å². The summed E-state index contributed by atoms with van der Waals surface area (Å²) >= 11 is 1.49. The van der Waals surface area contributed by atoms with Gasteiger partial charge in [-0.25, -0.2) is 0 Å². The SMILES string of the molecule is CSCC(C)(O)CNC(C)c1ccccc1C(F)(F)F. The molecule has 1 rings (SSSR count). The molecular formula is C14H20F3NOS. The average molecular weight is 307 g/mol. The van der Waals surface area contributed by atoms with Gasteiger partial charge in [-0.05, 0) is 31.7 Å².